The van der Waals surface area contributed by atoms with Gasteiger partial charge >= 0.3 is 5.97 Å². The molecule has 21 heavy (non-hydrogen) atoms. The molecule has 0 heterocycles. The summed E-state index contributed by atoms with van der Waals surface area (Å²) in [6, 6.07) is 0. The number of carbonyl (C=O) groups is 3. The van der Waals surface area contributed by atoms with Crippen molar-refractivity contribution >= 4 is 17.5 Å². The van der Waals surface area contributed by atoms with Crippen LogP contribution in [0.5, 0.6) is 0 Å². The third kappa shape index (κ3) is 4.52. The van der Waals surface area contributed by atoms with Crippen molar-refractivity contribution < 1.29 is 19.1 Å². The standard InChI is InChI=1S/C17H22O4/c1-10(2)7-6-8-11(3)15-14(19)9-12(4)16(20)17(15)21-13(5)18/h7,9,11H,6,8H2,1-5H3. The molecule has 0 N–H and O–H groups in total. The summed E-state index contributed by atoms with van der Waals surface area (Å²) in [5, 5.41) is 0. The summed E-state index contributed by atoms with van der Waals surface area (Å²) in [5.41, 5.74) is 1.82. The van der Waals surface area contributed by atoms with Crippen LogP contribution in [-0.2, 0) is 19.1 Å². The Balaban J connectivity index is 3.08. The van der Waals surface area contributed by atoms with Crippen LogP contribution in [0.1, 0.15) is 47.5 Å². The third-order valence-corrected chi connectivity index (χ3v) is 3.31. The van der Waals surface area contributed by atoms with Gasteiger partial charge in [-0.1, -0.05) is 18.6 Å². The van der Waals surface area contributed by atoms with E-state index >= 15 is 0 Å². The number of Topliss-reactive ketones (excluding diaryl/α,β-unsaturated/α-hetero) is 1. The van der Waals surface area contributed by atoms with Gasteiger partial charge in [0.2, 0.25) is 5.78 Å². The van der Waals surface area contributed by atoms with Crippen LogP contribution in [0.25, 0.3) is 0 Å². The van der Waals surface area contributed by atoms with Crippen molar-refractivity contribution in [1.82, 2.24) is 0 Å². The molecule has 0 fully saturated rings. The second kappa shape index (κ2) is 7.16. The minimum atomic E-state index is -0.588. The Morgan fingerprint density at radius 1 is 1.29 bits per heavy atom. The molecule has 114 valence electrons. The van der Waals surface area contributed by atoms with Crippen molar-refractivity contribution in [3.63, 3.8) is 0 Å². The minimum absolute atomic E-state index is 0.0998. The Morgan fingerprint density at radius 2 is 1.90 bits per heavy atom. The molecular weight excluding hydrogens is 268 g/mol. The van der Waals surface area contributed by atoms with E-state index in [1.54, 1.807) is 6.92 Å². The first-order valence-corrected chi connectivity index (χ1v) is 7.07. The summed E-state index contributed by atoms with van der Waals surface area (Å²) in [6.07, 6.45) is 4.93. The first-order chi connectivity index (χ1) is 9.73. The average Bonchev–Trinajstić information content (AvgIpc) is 2.34. The molecule has 0 saturated heterocycles. The van der Waals surface area contributed by atoms with Gasteiger partial charge in [-0.05, 0) is 45.6 Å². The van der Waals surface area contributed by atoms with Crippen LogP contribution in [0.15, 0.2) is 34.6 Å². The molecule has 1 aliphatic carbocycles. The average molecular weight is 290 g/mol. The highest BCUT2D eigenvalue weighted by Gasteiger charge is 2.31. The molecule has 4 nitrogen and oxygen atoms in total. The van der Waals surface area contributed by atoms with Crippen LogP contribution in [0, 0.1) is 5.92 Å². The van der Waals surface area contributed by atoms with Crippen molar-refractivity contribution in [2.75, 3.05) is 0 Å². The van der Waals surface area contributed by atoms with Gasteiger partial charge in [0.15, 0.2) is 11.5 Å². The molecule has 0 radical (unpaired) electrons. The van der Waals surface area contributed by atoms with Crippen molar-refractivity contribution in [3.8, 4) is 0 Å². The van der Waals surface area contributed by atoms with E-state index < -0.39 is 5.97 Å². The molecule has 1 aliphatic rings. The van der Waals surface area contributed by atoms with Crippen LogP contribution >= 0.6 is 0 Å². The fraction of sp³-hybridized carbons (Fsp3) is 0.471. The zero-order valence-corrected chi connectivity index (χ0v) is 13.3. The molecule has 0 aromatic heterocycles. The van der Waals surface area contributed by atoms with Crippen LogP contribution < -0.4 is 0 Å². The van der Waals surface area contributed by atoms with E-state index in [-0.39, 0.29) is 23.2 Å². The van der Waals surface area contributed by atoms with E-state index in [0.29, 0.717) is 11.1 Å². The zero-order valence-electron chi connectivity index (χ0n) is 13.3. The number of carbonyl (C=O) groups excluding carboxylic acids is 3. The lowest BCUT2D eigenvalue weighted by Crippen LogP contribution is -2.25. The predicted molar refractivity (Wildman–Crippen MR) is 80.4 cm³/mol. The Kier molecular flexibility index (Phi) is 5.82. The van der Waals surface area contributed by atoms with Gasteiger partial charge in [-0.3, -0.25) is 14.4 Å². The molecule has 0 aliphatic heterocycles. The fourth-order valence-corrected chi connectivity index (χ4v) is 2.23. The highest BCUT2D eigenvalue weighted by atomic mass is 16.5. The number of rotatable bonds is 5. The van der Waals surface area contributed by atoms with Crippen LogP contribution in [0.2, 0.25) is 0 Å². The molecule has 0 bridgehead atoms. The van der Waals surface area contributed by atoms with Crippen molar-refractivity contribution in [3.05, 3.63) is 34.6 Å². The van der Waals surface area contributed by atoms with Gasteiger partial charge < -0.3 is 4.74 Å². The Bertz CT molecular complexity index is 557. The highest BCUT2D eigenvalue weighted by Crippen LogP contribution is 2.28. The molecule has 0 amide bonds. The summed E-state index contributed by atoms with van der Waals surface area (Å²) < 4.78 is 5.02. The lowest BCUT2D eigenvalue weighted by atomic mass is 9.85. The van der Waals surface area contributed by atoms with Crippen LogP contribution in [0.4, 0.5) is 0 Å². The molecule has 1 unspecified atom stereocenters. The van der Waals surface area contributed by atoms with E-state index in [1.807, 2.05) is 20.8 Å². The molecule has 0 aromatic rings. The largest absolute Gasteiger partial charge is 0.422 e. The highest BCUT2D eigenvalue weighted by molar-refractivity contribution is 6.22. The number of hydrogen-bond acceptors (Lipinski definition) is 4. The molecule has 0 saturated carbocycles. The van der Waals surface area contributed by atoms with Crippen molar-refractivity contribution in [1.29, 1.82) is 0 Å². The van der Waals surface area contributed by atoms with E-state index in [0.717, 1.165) is 12.8 Å². The van der Waals surface area contributed by atoms with Gasteiger partial charge in [0.25, 0.3) is 0 Å². The maximum absolute atomic E-state index is 12.2. The van der Waals surface area contributed by atoms with Gasteiger partial charge in [0, 0.05) is 18.1 Å². The number of allylic oxidation sites excluding steroid dienone is 5. The number of hydrogen-bond donors (Lipinski definition) is 0. The van der Waals surface area contributed by atoms with E-state index in [1.165, 1.54) is 18.6 Å². The Labute approximate surface area is 125 Å². The van der Waals surface area contributed by atoms with Gasteiger partial charge in [-0.25, -0.2) is 0 Å². The number of esters is 1. The van der Waals surface area contributed by atoms with Crippen molar-refractivity contribution in [2.24, 2.45) is 5.92 Å². The Hall–Kier alpha value is -1.97. The summed E-state index contributed by atoms with van der Waals surface area (Å²) in [6.45, 7) is 8.67. The first-order valence-electron chi connectivity index (χ1n) is 7.07. The first kappa shape index (κ1) is 17.1. The fourth-order valence-electron chi connectivity index (χ4n) is 2.23. The van der Waals surface area contributed by atoms with Crippen LogP contribution in [-0.4, -0.2) is 17.5 Å². The molecule has 0 aromatic carbocycles. The smallest absolute Gasteiger partial charge is 0.308 e. The van der Waals surface area contributed by atoms with Gasteiger partial charge in [0.05, 0.1) is 0 Å². The normalized spacial score (nSPS) is 16.5. The molecular formula is C17H22O4. The Morgan fingerprint density at radius 3 is 2.43 bits per heavy atom. The van der Waals surface area contributed by atoms with Crippen molar-refractivity contribution in [2.45, 2.75) is 47.5 Å². The summed E-state index contributed by atoms with van der Waals surface area (Å²) >= 11 is 0. The number of ketones is 2. The molecule has 1 atom stereocenters. The second-order valence-electron chi connectivity index (χ2n) is 5.62. The lowest BCUT2D eigenvalue weighted by Gasteiger charge is -2.21. The maximum Gasteiger partial charge on any atom is 0.308 e. The molecule has 0 spiro atoms. The van der Waals surface area contributed by atoms with E-state index in [9.17, 15) is 14.4 Å². The summed E-state index contributed by atoms with van der Waals surface area (Å²) in [4.78, 5) is 35.5. The monoisotopic (exact) mass is 290 g/mol. The summed E-state index contributed by atoms with van der Waals surface area (Å²) in [7, 11) is 0. The quantitative estimate of drug-likeness (QED) is 0.443. The maximum atomic E-state index is 12.2. The molecule has 1 rings (SSSR count). The topological polar surface area (TPSA) is 60.4 Å². The third-order valence-electron chi connectivity index (χ3n) is 3.31. The van der Waals surface area contributed by atoms with Gasteiger partial charge in [-0.2, -0.15) is 0 Å². The lowest BCUT2D eigenvalue weighted by molar-refractivity contribution is -0.140. The van der Waals surface area contributed by atoms with Crippen LogP contribution in [0.3, 0.4) is 0 Å². The number of ether oxygens (including phenoxy) is 1. The van der Waals surface area contributed by atoms with Gasteiger partial charge in [-0.15, -0.1) is 0 Å². The second-order valence-corrected chi connectivity index (χ2v) is 5.62. The predicted octanol–water partition coefficient (Wildman–Crippen LogP) is 3.28. The van der Waals surface area contributed by atoms with Gasteiger partial charge in [0.1, 0.15) is 0 Å². The van der Waals surface area contributed by atoms with E-state index in [4.69, 9.17) is 4.74 Å². The minimum Gasteiger partial charge on any atom is -0.422 e. The zero-order chi connectivity index (χ0) is 16.2. The molecule has 4 heteroatoms. The van der Waals surface area contributed by atoms with E-state index in [2.05, 4.69) is 6.08 Å². The summed E-state index contributed by atoms with van der Waals surface area (Å²) in [5.74, 6) is -1.45. The SMILES string of the molecule is CC(=O)OC1=C(C(C)CCC=C(C)C)C(=O)C=C(C)C1=O.